The van der Waals surface area contributed by atoms with E-state index in [1.165, 1.54) is 38.5 Å². The van der Waals surface area contributed by atoms with Gasteiger partial charge in [0, 0.05) is 5.56 Å². The molecule has 0 unspecified atom stereocenters. The summed E-state index contributed by atoms with van der Waals surface area (Å²) >= 11 is 3.30. The standard InChI is InChI=1S/C20H27BrO2/c21-13-19(22)16-11-17(14-7-3-1-4-8-14)20(23)18(12-16)15-9-5-2-6-10-15/h11-12,14-15,23H,1-10,13H2. The Balaban J connectivity index is 2.00. The van der Waals surface area contributed by atoms with Crippen LogP contribution in [-0.4, -0.2) is 16.2 Å². The van der Waals surface area contributed by atoms with Gasteiger partial charge >= 0.3 is 0 Å². The molecule has 0 aliphatic heterocycles. The Hall–Kier alpha value is -0.830. The molecule has 0 atom stereocenters. The van der Waals surface area contributed by atoms with E-state index >= 15 is 0 Å². The highest BCUT2D eigenvalue weighted by Gasteiger charge is 2.26. The summed E-state index contributed by atoms with van der Waals surface area (Å²) in [5.74, 6) is 1.47. The lowest BCUT2D eigenvalue weighted by Crippen LogP contribution is -2.12. The molecule has 1 aromatic carbocycles. The third-order valence-corrected chi connectivity index (χ3v) is 6.21. The Morgan fingerprint density at radius 3 is 1.74 bits per heavy atom. The van der Waals surface area contributed by atoms with Crippen LogP contribution in [-0.2, 0) is 0 Å². The van der Waals surface area contributed by atoms with Crippen molar-refractivity contribution in [1.82, 2.24) is 0 Å². The number of carbonyl (C=O) groups excluding carboxylic acids is 1. The first kappa shape index (κ1) is 17.0. The van der Waals surface area contributed by atoms with Crippen LogP contribution in [0.5, 0.6) is 5.75 Å². The zero-order valence-corrected chi connectivity index (χ0v) is 15.4. The fourth-order valence-corrected chi connectivity index (χ4v) is 4.69. The smallest absolute Gasteiger partial charge is 0.173 e. The van der Waals surface area contributed by atoms with Crippen molar-refractivity contribution in [3.63, 3.8) is 0 Å². The summed E-state index contributed by atoms with van der Waals surface area (Å²) in [6.07, 6.45) is 12.1. The van der Waals surface area contributed by atoms with E-state index in [2.05, 4.69) is 15.9 Å². The molecule has 3 heteroatoms. The van der Waals surface area contributed by atoms with Crippen molar-refractivity contribution >= 4 is 21.7 Å². The van der Waals surface area contributed by atoms with E-state index in [9.17, 15) is 9.90 Å². The van der Waals surface area contributed by atoms with Crippen molar-refractivity contribution in [1.29, 1.82) is 0 Å². The van der Waals surface area contributed by atoms with Crippen LogP contribution in [0.4, 0.5) is 0 Å². The predicted octanol–water partition coefficient (Wildman–Crippen LogP) is 6.07. The molecule has 1 N–H and O–H groups in total. The molecule has 3 rings (SSSR count). The minimum Gasteiger partial charge on any atom is -0.507 e. The van der Waals surface area contributed by atoms with Gasteiger partial charge in [-0.25, -0.2) is 0 Å². The lowest BCUT2D eigenvalue weighted by Gasteiger charge is -2.28. The molecule has 2 fully saturated rings. The van der Waals surface area contributed by atoms with Gasteiger partial charge in [0.25, 0.3) is 0 Å². The first-order chi connectivity index (χ1) is 11.2. The number of phenolic OH excluding ortho intramolecular Hbond substituents is 1. The fourth-order valence-electron chi connectivity index (χ4n) is 4.37. The molecule has 0 spiro atoms. The Morgan fingerprint density at radius 2 is 1.35 bits per heavy atom. The third kappa shape index (κ3) is 3.81. The van der Waals surface area contributed by atoms with Crippen LogP contribution in [0, 0.1) is 0 Å². The van der Waals surface area contributed by atoms with Crippen LogP contribution in [0.2, 0.25) is 0 Å². The van der Waals surface area contributed by atoms with Crippen LogP contribution < -0.4 is 0 Å². The molecule has 2 nitrogen and oxygen atoms in total. The van der Waals surface area contributed by atoms with Crippen molar-refractivity contribution in [3.05, 3.63) is 28.8 Å². The van der Waals surface area contributed by atoms with Crippen molar-refractivity contribution in [2.24, 2.45) is 0 Å². The molecule has 126 valence electrons. The van der Waals surface area contributed by atoms with E-state index in [1.807, 2.05) is 12.1 Å². The Labute approximate surface area is 147 Å². The summed E-state index contributed by atoms with van der Waals surface area (Å²) in [5, 5.41) is 11.3. The van der Waals surface area contributed by atoms with Gasteiger partial charge in [-0.2, -0.15) is 0 Å². The molecular formula is C20H27BrO2. The topological polar surface area (TPSA) is 37.3 Å². The molecule has 2 saturated carbocycles. The van der Waals surface area contributed by atoms with E-state index in [1.54, 1.807) is 0 Å². The lowest BCUT2D eigenvalue weighted by atomic mass is 9.78. The number of halogens is 1. The molecule has 0 saturated heterocycles. The van der Waals surface area contributed by atoms with E-state index in [0.29, 0.717) is 22.9 Å². The largest absolute Gasteiger partial charge is 0.507 e. The van der Waals surface area contributed by atoms with Crippen LogP contribution in [0.15, 0.2) is 12.1 Å². The van der Waals surface area contributed by atoms with Gasteiger partial charge in [0.05, 0.1) is 5.33 Å². The minimum atomic E-state index is 0.124. The second-order valence-electron chi connectivity index (χ2n) is 7.23. The first-order valence-corrected chi connectivity index (χ1v) is 10.3. The van der Waals surface area contributed by atoms with Gasteiger partial charge < -0.3 is 5.11 Å². The molecule has 2 aliphatic carbocycles. The Morgan fingerprint density at radius 1 is 0.913 bits per heavy atom. The average molecular weight is 379 g/mol. The second kappa shape index (κ2) is 7.83. The van der Waals surface area contributed by atoms with Crippen LogP contribution >= 0.6 is 15.9 Å². The summed E-state index contributed by atoms with van der Waals surface area (Å²) in [6.45, 7) is 0. The summed E-state index contributed by atoms with van der Waals surface area (Å²) in [4.78, 5) is 12.3. The third-order valence-electron chi connectivity index (χ3n) is 5.70. The number of rotatable bonds is 4. The van der Waals surface area contributed by atoms with Crippen molar-refractivity contribution in [2.75, 3.05) is 5.33 Å². The maximum absolute atomic E-state index is 12.3. The van der Waals surface area contributed by atoms with Gasteiger partial charge in [-0.15, -0.1) is 0 Å². The van der Waals surface area contributed by atoms with Gasteiger partial charge in [0.1, 0.15) is 5.75 Å². The number of alkyl halides is 1. The average Bonchev–Trinajstić information content (AvgIpc) is 2.62. The molecule has 0 aromatic heterocycles. The van der Waals surface area contributed by atoms with Crippen LogP contribution in [0.25, 0.3) is 0 Å². The first-order valence-electron chi connectivity index (χ1n) is 9.16. The second-order valence-corrected chi connectivity index (χ2v) is 7.79. The zero-order chi connectivity index (χ0) is 16.2. The molecule has 0 amide bonds. The SMILES string of the molecule is O=C(CBr)c1cc(C2CCCCC2)c(O)c(C2CCCCC2)c1. The monoisotopic (exact) mass is 378 g/mol. The molecule has 0 heterocycles. The van der Waals surface area contributed by atoms with Gasteiger partial charge in [-0.3, -0.25) is 4.79 Å². The van der Waals surface area contributed by atoms with Gasteiger partial charge in [-0.05, 0) is 60.8 Å². The molecule has 0 radical (unpaired) electrons. The van der Waals surface area contributed by atoms with Crippen molar-refractivity contribution in [3.8, 4) is 5.75 Å². The molecule has 1 aromatic rings. The fraction of sp³-hybridized carbons (Fsp3) is 0.650. The number of Topliss-reactive ketones (excluding diaryl/α,β-unsaturated/α-hetero) is 1. The van der Waals surface area contributed by atoms with Gasteiger partial charge in [0.2, 0.25) is 0 Å². The molecule has 2 aliphatic rings. The highest BCUT2D eigenvalue weighted by atomic mass is 79.9. The lowest BCUT2D eigenvalue weighted by molar-refractivity contribution is 0.102. The van der Waals surface area contributed by atoms with E-state index < -0.39 is 0 Å². The maximum Gasteiger partial charge on any atom is 0.173 e. The summed E-state index contributed by atoms with van der Waals surface area (Å²) in [5.41, 5.74) is 2.86. The number of ketones is 1. The highest BCUT2D eigenvalue weighted by Crippen LogP contribution is 2.44. The van der Waals surface area contributed by atoms with E-state index in [-0.39, 0.29) is 5.78 Å². The number of hydrogen-bond acceptors (Lipinski definition) is 2. The Kier molecular flexibility index (Phi) is 5.79. The Bertz CT molecular complexity index is 516. The van der Waals surface area contributed by atoms with E-state index in [0.717, 1.165) is 42.4 Å². The quantitative estimate of drug-likeness (QED) is 0.510. The number of hydrogen-bond donors (Lipinski definition) is 1. The van der Waals surface area contributed by atoms with Gasteiger partial charge in [-0.1, -0.05) is 54.5 Å². The summed E-state index contributed by atoms with van der Waals surface area (Å²) in [6, 6.07) is 3.95. The number of benzene rings is 1. The molecule has 23 heavy (non-hydrogen) atoms. The van der Waals surface area contributed by atoms with Gasteiger partial charge in [0.15, 0.2) is 5.78 Å². The number of phenols is 1. The molecule has 0 bridgehead atoms. The van der Waals surface area contributed by atoms with Crippen LogP contribution in [0.1, 0.15) is 97.5 Å². The van der Waals surface area contributed by atoms with Crippen molar-refractivity contribution < 1.29 is 9.90 Å². The molecular weight excluding hydrogens is 352 g/mol. The summed E-state index contributed by atoms with van der Waals surface area (Å²) < 4.78 is 0. The minimum absolute atomic E-state index is 0.124. The van der Waals surface area contributed by atoms with E-state index in [4.69, 9.17) is 0 Å². The van der Waals surface area contributed by atoms with Crippen molar-refractivity contribution in [2.45, 2.75) is 76.0 Å². The maximum atomic E-state index is 12.3. The zero-order valence-electron chi connectivity index (χ0n) is 13.8. The van der Waals surface area contributed by atoms with Crippen LogP contribution in [0.3, 0.4) is 0 Å². The number of aromatic hydroxyl groups is 1. The normalized spacial score (nSPS) is 20.6. The predicted molar refractivity (Wildman–Crippen MR) is 97.9 cm³/mol. The highest BCUT2D eigenvalue weighted by molar-refractivity contribution is 9.09. The summed E-state index contributed by atoms with van der Waals surface area (Å²) in [7, 11) is 0. The number of carbonyl (C=O) groups is 1.